The zero-order valence-electron chi connectivity index (χ0n) is 14.4. The number of rotatable bonds is 2. The maximum Gasteiger partial charge on any atom is 0.225 e. The number of nitrogens with two attached hydrogens (primary N) is 1. The lowest BCUT2D eigenvalue weighted by Gasteiger charge is -2.45. The van der Waals surface area contributed by atoms with Crippen LogP contribution in [0.5, 0.6) is 0 Å². The minimum Gasteiger partial charge on any atom is -0.341 e. The highest BCUT2D eigenvalue weighted by atomic mass is 35.5. The van der Waals surface area contributed by atoms with Crippen LogP contribution < -0.4 is 5.73 Å². The molecular formula is C17H33Cl2N3O. The smallest absolute Gasteiger partial charge is 0.225 e. The summed E-state index contributed by atoms with van der Waals surface area (Å²) in [7, 11) is 4.26. The van der Waals surface area contributed by atoms with E-state index in [0.29, 0.717) is 29.8 Å². The first kappa shape index (κ1) is 21.0. The van der Waals surface area contributed by atoms with Crippen molar-refractivity contribution in [3.63, 3.8) is 0 Å². The van der Waals surface area contributed by atoms with Crippen molar-refractivity contribution in [1.82, 2.24) is 9.80 Å². The minimum atomic E-state index is 0. The highest BCUT2D eigenvalue weighted by Crippen LogP contribution is 2.42. The highest BCUT2D eigenvalue weighted by Gasteiger charge is 2.42. The Hall–Kier alpha value is -0.0300. The number of nitrogens with zero attached hydrogens (tertiary/aromatic N) is 2. The summed E-state index contributed by atoms with van der Waals surface area (Å²) in [6, 6.07) is 0.895. The van der Waals surface area contributed by atoms with Crippen LogP contribution >= 0.6 is 24.8 Å². The average molecular weight is 366 g/mol. The lowest BCUT2D eigenvalue weighted by molar-refractivity contribution is -0.140. The van der Waals surface area contributed by atoms with E-state index in [-0.39, 0.29) is 30.7 Å². The Kier molecular flexibility index (Phi) is 8.12. The molecule has 3 rings (SSSR count). The van der Waals surface area contributed by atoms with E-state index in [1.807, 2.05) is 0 Å². The van der Waals surface area contributed by atoms with Crippen LogP contribution in [0.15, 0.2) is 0 Å². The van der Waals surface area contributed by atoms with E-state index in [0.717, 1.165) is 32.4 Å². The van der Waals surface area contributed by atoms with Crippen LogP contribution in [-0.2, 0) is 4.79 Å². The van der Waals surface area contributed by atoms with Gasteiger partial charge in [-0.25, -0.2) is 0 Å². The molecule has 3 fully saturated rings. The molecule has 136 valence electrons. The predicted octanol–water partition coefficient (Wildman–Crippen LogP) is 2.54. The molecule has 4 nitrogen and oxygen atoms in total. The Balaban J connectivity index is 0.00000132. The number of likely N-dealkylation sites (N-methyl/N-ethyl adjacent to an activating group) is 1. The molecule has 0 aromatic heterocycles. The van der Waals surface area contributed by atoms with E-state index < -0.39 is 0 Å². The first-order valence-corrected chi connectivity index (χ1v) is 8.77. The maximum atomic E-state index is 12.9. The van der Waals surface area contributed by atoms with Gasteiger partial charge in [0.2, 0.25) is 5.91 Å². The van der Waals surface area contributed by atoms with E-state index >= 15 is 0 Å². The molecule has 3 atom stereocenters. The third-order valence-corrected chi connectivity index (χ3v) is 6.20. The van der Waals surface area contributed by atoms with Crippen LogP contribution in [0.2, 0.25) is 0 Å². The van der Waals surface area contributed by atoms with E-state index in [1.165, 1.54) is 25.7 Å². The fraction of sp³-hybridized carbons (Fsp3) is 0.941. The molecule has 2 aliphatic carbocycles. The number of amides is 1. The largest absolute Gasteiger partial charge is 0.341 e. The van der Waals surface area contributed by atoms with Gasteiger partial charge in [-0.15, -0.1) is 24.8 Å². The first-order valence-electron chi connectivity index (χ1n) is 8.77. The second kappa shape index (κ2) is 8.89. The molecule has 23 heavy (non-hydrogen) atoms. The molecular weight excluding hydrogens is 333 g/mol. The molecule has 0 spiro atoms. The highest BCUT2D eigenvalue weighted by molar-refractivity contribution is 5.85. The molecule has 0 aromatic carbocycles. The molecule has 0 radical (unpaired) electrons. The van der Waals surface area contributed by atoms with Gasteiger partial charge in [0.25, 0.3) is 0 Å². The fourth-order valence-electron chi connectivity index (χ4n) is 4.83. The van der Waals surface area contributed by atoms with E-state index in [9.17, 15) is 4.79 Å². The van der Waals surface area contributed by atoms with Crippen LogP contribution in [0.1, 0.15) is 44.9 Å². The van der Waals surface area contributed by atoms with Crippen LogP contribution in [0, 0.1) is 17.8 Å². The molecule has 2 bridgehead atoms. The summed E-state index contributed by atoms with van der Waals surface area (Å²) in [5.74, 6) is 1.87. The van der Waals surface area contributed by atoms with Gasteiger partial charge in [-0.2, -0.15) is 0 Å². The van der Waals surface area contributed by atoms with Gasteiger partial charge in [0.15, 0.2) is 0 Å². The topological polar surface area (TPSA) is 49.6 Å². The van der Waals surface area contributed by atoms with Gasteiger partial charge in [-0.05, 0) is 64.5 Å². The van der Waals surface area contributed by atoms with Crippen molar-refractivity contribution >= 4 is 30.7 Å². The summed E-state index contributed by atoms with van der Waals surface area (Å²) in [6.45, 7) is 1.88. The molecule has 1 aliphatic heterocycles. The predicted molar refractivity (Wildman–Crippen MR) is 99.3 cm³/mol. The molecule has 2 N–H and O–H groups in total. The van der Waals surface area contributed by atoms with Gasteiger partial charge in [-0.3, -0.25) is 4.79 Å². The molecule has 2 saturated carbocycles. The Morgan fingerprint density at radius 2 is 1.65 bits per heavy atom. The second-order valence-corrected chi connectivity index (χ2v) is 7.74. The summed E-state index contributed by atoms with van der Waals surface area (Å²) < 4.78 is 0. The van der Waals surface area contributed by atoms with Crippen molar-refractivity contribution in [2.45, 2.75) is 57.0 Å². The number of carbonyl (C=O) groups excluding carboxylic acids is 1. The summed E-state index contributed by atoms with van der Waals surface area (Å²) in [4.78, 5) is 17.3. The second-order valence-electron chi connectivity index (χ2n) is 7.74. The summed E-state index contributed by atoms with van der Waals surface area (Å²) in [5.41, 5.74) is 6.36. The molecule has 0 aromatic rings. The monoisotopic (exact) mass is 365 g/mol. The quantitative estimate of drug-likeness (QED) is 0.817. The van der Waals surface area contributed by atoms with Crippen LogP contribution in [0.25, 0.3) is 0 Å². The number of halogens is 2. The van der Waals surface area contributed by atoms with E-state index in [2.05, 4.69) is 23.9 Å². The molecule has 1 amide bonds. The van der Waals surface area contributed by atoms with Crippen LogP contribution in [0.4, 0.5) is 0 Å². The number of carbonyl (C=O) groups is 1. The van der Waals surface area contributed by atoms with Gasteiger partial charge in [0.05, 0.1) is 0 Å². The maximum absolute atomic E-state index is 12.9. The van der Waals surface area contributed by atoms with Crippen molar-refractivity contribution in [2.24, 2.45) is 23.5 Å². The number of hydrogen-bond donors (Lipinski definition) is 1. The van der Waals surface area contributed by atoms with Crippen molar-refractivity contribution in [1.29, 1.82) is 0 Å². The normalized spacial score (nSPS) is 36.9. The molecule has 3 unspecified atom stereocenters. The van der Waals surface area contributed by atoms with Crippen molar-refractivity contribution < 1.29 is 4.79 Å². The van der Waals surface area contributed by atoms with Gasteiger partial charge >= 0.3 is 0 Å². The molecule has 1 saturated heterocycles. The van der Waals surface area contributed by atoms with Crippen molar-refractivity contribution in [2.75, 3.05) is 27.2 Å². The summed E-state index contributed by atoms with van der Waals surface area (Å²) in [6.07, 6.45) is 8.24. The standard InChI is InChI=1S/C17H31N3O.2ClH/c1-19(2)15-7-4-8-20(11-15)17(21)14-9-12-5-3-6-13(10-14)16(12)18;;/h12-16H,3-11,18H2,1-2H3;2*1H. The zero-order chi connectivity index (χ0) is 15.0. The van der Waals surface area contributed by atoms with E-state index in [4.69, 9.17) is 5.73 Å². The number of hydrogen-bond acceptors (Lipinski definition) is 3. The van der Waals surface area contributed by atoms with Crippen LogP contribution in [0.3, 0.4) is 0 Å². The summed E-state index contributed by atoms with van der Waals surface area (Å²) in [5, 5.41) is 0. The Morgan fingerprint density at radius 3 is 2.22 bits per heavy atom. The number of piperidine rings is 1. The van der Waals surface area contributed by atoms with Gasteiger partial charge in [0.1, 0.15) is 0 Å². The van der Waals surface area contributed by atoms with Gasteiger partial charge < -0.3 is 15.5 Å². The Morgan fingerprint density at radius 1 is 1.04 bits per heavy atom. The average Bonchev–Trinajstić information content (AvgIpc) is 2.46. The van der Waals surface area contributed by atoms with Crippen molar-refractivity contribution in [3.8, 4) is 0 Å². The summed E-state index contributed by atoms with van der Waals surface area (Å²) >= 11 is 0. The lowest BCUT2D eigenvalue weighted by Crippen LogP contribution is -2.53. The van der Waals surface area contributed by atoms with E-state index in [1.54, 1.807) is 0 Å². The lowest BCUT2D eigenvalue weighted by atomic mass is 9.65. The molecule has 1 heterocycles. The first-order chi connectivity index (χ1) is 10.1. The molecule has 3 aliphatic rings. The minimum absolute atomic E-state index is 0. The Labute approximate surface area is 153 Å². The van der Waals surface area contributed by atoms with Gasteiger partial charge in [-0.1, -0.05) is 6.42 Å². The number of likely N-dealkylation sites (tertiary alicyclic amines) is 1. The third kappa shape index (κ3) is 4.53. The fourth-order valence-corrected chi connectivity index (χ4v) is 4.83. The third-order valence-electron chi connectivity index (χ3n) is 6.20. The molecule has 6 heteroatoms. The van der Waals surface area contributed by atoms with Crippen molar-refractivity contribution in [3.05, 3.63) is 0 Å². The Bertz CT molecular complexity index is 380. The SMILES string of the molecule is CN(C)C1CCCN(C(=O)C2CC3CCCC(C2)C3N)C1.Cl.Cl. The van der Waals surface area contributed by atoms with Crippen LogP contribution in [-0.4, -0.2) is 55.0 Å². The zero-order valence-corrected chi connectivity index (χ0v) is 16.1. The van der Waals surface area contributed by atoms with Gasteiger partial charge in [0, 0.05) is 31.1 Å². The number of fused-ring (bicyclic) bond motifs is 2.